The molecule has 14 heteroatoms. The number of anilines is 1. The minimum absolute atomic E-state index is 0.0619. The summed E-state index contributed by atoms with van der Waals surface area (Å²) in [6, 6.07) is 10.4. The minimum Gasteiger partial charge on any atom is -0.508 e. The fourth-order valence-corrected chi connectivity index (χ4v) is 7.04. The summed E-state index contributed by atoms with van der Waals surface area (Å²) in [5, 5.41) is 11.4. The van der Waals surface area contributed by atoms with Crippen molar-refractivity contribution in [2.24, 2.45) is 5.73 Å². The molecule has 7 rings (SSSR count). The number of fused-ring (bicyclic) bond motifs is 2. The maximum absolute atomic E-state index is 16.9. The highest BCUT2D eigenvalue weighted by atomic mass is 19.1. The van der Waals surface area contributed by atoms with Gasteiger partial charge in [0.25, 0.3) is 5.91 Å². The van der Waals surface area contributed by atoms with Crippen LogP contribution in [0.1, 0.15) is 30.5 Å². The van der Waals surface area contributed by atoms with E-state index in [1.807, 2.05) is 4.90 Å². The van der Waals surface area contributed by atoms with Crippen LogP contribution in [0.15, 0.2) is 60.7 Å². The summed E-state index contributed by atoms with van der Waals surface area (Å²) in [4.78, 5) is 36.3. The zero-order valence-corrected chi connectivity index (χ0v) is 28.8. The molecule has 0 aliphatic carbocycles. The van der Waals surface area contributed by atoms with Crippen LogP contribution in [0.25, 0.3) is 39.0 Å². The second-order valence-corrected chi connectivity index (χ2v) is 13.0. The van der Waals surface area contributed by atoms with Crippen molar-refractivity contribution in [2.75, 3.05) is 57.3 Å². The predicted molar refractivity (Wildman–Crippen MR) is 196 cm³/mol. The lowest BCUT2D eigenvalue weighted by atomic mass is 9.96. The Balaban J connectivity index is 1.25. The number of benzene rings is 2. The molecule has 5 heterocycles. The lowest BCUT2D eigenvalue weighted by Crippen LogP contribution is -2.49. The fraction of sp³-hybridized carbons (Fsp3) is 0.308. The zero-order chi connectivity index (χ0) is 37.1. The van der Waals surface area contributed by atoms with Gasteiger partial charge in [0, 0.05) is 61.6 Å². The molecule has 0 saturated carbocycles. The Morgan fingerprint density at radius 2 is 1.92 bits per heavy atom. The van der Waals surface area contributed by atoms with E-state index < -0.39 is 23.4 Å². The largest absolute Gasteiger partial charge is 0.508 e. The van der Waals surface area contributed by atoms with Crippen molar-refractivity contribution in [1.29, 1.82) is 0 Å². The van der Waals surface area contributed by atoms with Gasteiger partial charge in [0.2, 0.25) is 0 Å². The number of nitrogens with two attached hydrogens (primary N) is 1. The van der Waals surface area contributed by atoms with Crippen LogP contribution < -0.4 is 15.4 Å². The molecule has 2 aliphatic heterocycles. The number of terminal acetylenes is 1. The quantitative estimate of drug-likeness (QED) is 0.149. The van der Waals surface area contributed by atoms with Gasteiger partial charge in [-0.25, -0.2) is 13.2 Å². The summed E-state index contributed by atoms with van der Waals surface area (Å²) in [5.41, 5.74) is 5.75. The molecule has 53 heavy (non-hydrogen) atoms. The smallest absolute Gasteiger partial charge is 0.319 e. The van der Waals surface area contributed by atoms with Crippen molar-refractivity contribution in [3.63, 3.8) is 0 Å². The Morgan fingerprint density at radius 3 is 2.68 bits per heavy atom. The first-order valence-electron chi connectivity index (χ1n) is 17.4. The third-order valence-corrected chi connectivity index (χ3v) is 9.68. The van der Waals surface area contributed by atoms with Crippen LogP contribution in [-0.2, 0) is 4.79 Å². The second kappa shape index (κ2) is 15.4. The molecule has 5 aromatic rings. The van der Waals surface area contributed by atoms with Gasteiger partial charge < -0.3 is 25.4 Å². The van der Waals surface area contributed by atoms with E-state index in [1.54, 1.807) is 18.2 Å². The molecule has 2 aromatic carbocycles. The van der Waals surface area contributed by atoms with Crippen LogP contribution >= 0.6 is 0 Å². The average Bonchev–Trinajstić information content (AvgIpc) is 3.63. The molecule has 3 N–H and O–H groups in total. The number of pyridine rings is 2. The number of hydrogen-bond acceptors (Lipinski definition) is 10. The fourth-order valence-electron chi connectivity index (χ4n) is 7.04. The van der Waals surface area contributed by atoms with E-state index in [2.05, 4.69) is 25.8 Å². The van der Waals surface area contributed by atoms with Crippen LogP contribution in [0.2, 0.25) is 0 Å². The maximum Gasteiger partial charge on any atom is 0.319 e. The Hall–Kier alpha value is -5.78. The number of amides is 1. The highest BCUT2D eigenvalue weighted by Gasteiger charge is 2.29. The summed E-state index contributed by atoms with van der Waals surface area (Å²) in [7, 11) is 0. The maximum atomic E-state index is 16.9. The van der Waals surface area contributed by atoms with E-state index in [1.165, 1.54) is 41.6 Å². The van der Waals surface area contributed by atoms with Gasteiger partial charge in [-0.15, -0.1) is 6.42 Å². The Morgan fingerprint density at radius 1 is 1.09 bits per heavy atom. The number of likely N-dealkylation sites (tertiary alicyclic amines) is 1. The summed E-state index contributed by atoms with van der Waals surface area (Å²) >= 11 is 0. The molecule has 272 valence electrons. The number of rotatable bonds is 10. The van der Waals surface area contributed by atoms with Gasteiger partial charge in [-0.05, 0) is 74.6 Å². The molecule has 1 atom stereocenters. The number of aromatic nitrogens is 4. The van der Waals surface area contributed by atoms with Crippen molar-refractivity contribution < 1.29 is 27.8 Å². The number of carbonyl (C=O) groups is 1. The highest BCUT2D eigenvalue weighted by molar-refractivity contribution is 6.03. The predicted octanol–water partition coefficient (Wildman–Crippen LogP) is 5.06. The monoisotopic (exact) mass is 722 g/mol. The lowest BCUT2D eigenvalue weighted by molar-refractivity contribution is -0.128. The highest BCUT2D eigenvalue weighted by Crippen LogP contribution is 2.39. The van der Waals surface area contributed by atoms with Crippen LogP contribution in [-0.4, -0.2) is 99.2 Å². The van der Waals surface area contributed by atoms with Crippen molar-refractivity contribution in [3.05, 3.63) is 83.6 Å². The number of hydrogen-bond donors (Lipinski definition) is 2. The van der Waals surface area contributed by atoms with E-state index in [4.69, 9.17) is 21.9 Å². The molecule has 0 radical (unpaired) electrons. The molecule has 2 saturated heterocycles. The first-order chi connectivity index (χ1) is 25.7. The molecule has 2 aliphatic rings. The molecule has 2 fully saturated rings. The number of halogens is 3. The van der Waals surface area contributed by atoms with E-state index >= 15 is 4.39 Å². The Bertz CT molecular complexity index is 2240. The van der Waals surface area contributed by atoms with Crippen LogP contribution in [0, 0.1) is 24.0 Å². The lowest BCUT2D eigenvalue weighted by Gasteiger charge is -2.35. The Labute approximate surface area is 303 Å². The molecule has 0 spiro atoms. The normalized spacial score (nSPS) is 16.7. The standard InChI is InChI=1S/C39H37F3N8O3/c1-2-28-31(40)10-9-24-19-27(51)21-29(33(24)28)35-34(42)36-30(22-45-35)37(47-39(46-36)53-23-26-8-5-13-48(26)14-6-11-43)49-15-17-50(18-16-49)38(52)32(41)20-25-7-3-4-12-44-25/h1,3-4,7,9-10,12,19-22,26,51H,5-6,8,11,13-18,23,43H2/b32-20-. The number of piperazine rings is 1. The number of ether oxygens (including phenoxy) is 1. The second-order valence-electron chi connectivity index (χ2n) is 13.0. The van der Waals surface area contributed by atoms with Crippen molar-refractivity contribution in [3.8, 4) is 35.4 Å². The van der Waals surface area contributed by atoms with Crippen molar-refractivity contribution in [2.45, 2.75) is 25.3 Å². The van der Waals surface area contributed by atoms with Crippen molar-refractivity contribution in [1.82, 2.24) is 29.7 Å². The molecular formula is C39H37F3N8O3. The van der Waals surface area contributed by atoms with Gasteiger partial charge >= 0.3 is 6.01 Å². The molecule has 0 bridgehead atoms. The third kappa shape index (κ3) is 7.31. The van der Waals surface area contributed by atoms with E-state index in [-0.39, 0.29) is 83.7 Å². The topological polar surface area (TPSA) is 134 Å². The van der Waals surface area contributed by atoms with Crippen molar-refractivity contribution >= 4 is 39.5 Å². The van der Waals surface area contributed by atoms with E-state index in [0.29, 0.717) is 23.4 Å². The van der Waals surface area contributed by atoms with Gasteiger partial charge in [-0.2, -0.15) is 9.97 Å². The number of phenolic OH excluding ortho intramolecular Hbond substituents is 1. The van der Waals surface area contributed by atoms with Gasteiger partial charge in [0.05, 0.1) is 16.6 Å². The molecular weight excluding hydrogens is 685 g/mol. The van der Waals surface area contributed by atoms with Gasteiger partial charge in [0.1, 0.15) is 35.2 Å². The van der Waals surface area contributed by atoms with Crippen LogP contribution in [0.3, 0.4) is 0 Å². The summed E-state index contributed by atoms with van der Waals surface area (Å²) < 4.78 is 52.9. The number of carbonyl (C=O) groups excluding carboxylic acids is 1. The molecule has 11 nitrogen and oxygen atoms in total. The number of aromatic hydroxyl groups is 1. The minimum atomic E-state index is -0.932. The summed E-state index contributed by atoms with van der Waals surface area (Å²) in [5.74, 6) is -0.741. The van der Waals surface area contributed by atoms with Gasteiger partial charge in [-0.3, -0.25) is 19.7 Å². The SMILES string of the molecule is C#Cc1c(F)ccc2cc(O)cc(-c3ncc4c(N5CCN(C(=O)/C(F)=C/c6ccccn6)CC5)nc(OCC5CCCN5CCCN)nc4c3F)c12. The molecule has 3 aromatic heterocycles. The first-order valence-corrected chi connectivity index (χ1v) is 17.4. The van der Waals surface area contributed by atoms with E-state index in [9.17, 15) is 18.7 Å². The third-order valence-electron chi connectivity index (χ3n) is 9.68. The molecule has 1 amide bonds. The van der Waals surface area contributed by atoms with E-state index in [0.717, 1.165) is 38.4 Å². The summed E-state index contributed by atoms with van der Waals surface area (Å²) in [6.45, 7) is 3.40. The number of nitrogens with zero attached hydrogens (tertiary/aromatic N) is 7. The zero-order valence-electron chi connectivity index (χ0n) is 28.8. The van der Waals surface area contributed by atoms with Gasteiger partial charge in [0.15, 0.2) is 11.6 Å². The average molecular weight is 723 g/mol. The molecule has 1 unspecified atom stereocenters. The first kappa shape index (κ1) is 35.6. The van der Waals surface area contributed by atoms with Crippen LogP contribution in [0.4, 0.5) is 19.0 Å². The number of phenols is 1. The Kier molecular flexibility index (Phi) is 10.4. The summed E-state index contributed by atoms with van der Waals surface area (Å²) in [6.07, 6.45) is 12.5. The van der Waals surface area contributed by atoms with Gasteiger partial charge in [-0.1, -0.05) is 18.1 Å². The van der Waals surface area contributed by atoms with Crippen LogP contribution in [0.5, 0.6) is 11.8 Å².